The number of benzene rings is 2. The van der Waals surface area contributed by atoms with Crippen molar-refractivity contribution in [2.24, 2.45) is 10.9 Å². The molecule has 202 valence electrons. The summed E-state index contributed by atoms with van der Waals surface area (Å²) < 4.78 is 5.10. The number of fused-ring (bicyclic) bond motifs is 1. The standard InChI is InChI=1S/C27H35N7O4/c1-4-38-23(35)16-30-27(3,26(36)34-13-5-6-14-34)20-11-12-21-24(17(20)2)32-22(31-21)15-29-19-9-7-18(8-10-19)25(28)33-37/h7-12,29-30,37H,4-6,13-16H2,1-3H3,(H2,28,33)(H,31,32). The Kier molecular flexibility index (Phi) is 8.16. The third-order valence-electron chi connectivity index (χ3n) is 6.96. The highest BCUT2D eigenvalue weighted by Crippen LogP contribution is 2.32. The normalized spacial score (nSPS) is 15.4. The Bertz CT molecular complexity index is 1330. The predicted molar refractivity (Wildman–Crippen MR) is 145 cm³/mol. The Morgan fingerprint density at radius 2 is 1.92 bits per heavy atom. The summed E-state index contributed by atoms with van der Waals surface area (Å²) >= 11 is 0. The van der Waals surface area contributed by atoms with E-state index in [1.807, 2.05) is 43.0 Å². The molecule has 0 bridgehead atoms. The van der Waals surface area contributed by atoms with Crippen LogP contribution < -0.4 is 16.4 Å². The number of oxime groups is 1. The molecule has 4 rings (SSSR count). The summed E-state index contributed by atoms with van der Waals surface area (Å²) in [7, 11) is 0. The van der Waals surface area contributed by atoms with E-state index in [0.717, 1.165) is 46.5 Å². The number of carbonyl (C=O) groups is 2. The quantitative estimate of drug-likeness (QED) is 0.0895. The van der Waals surface area contributed by atoms with Gasteiger partial charge in [0.1, 0.15) is 11.4 Å². The number of anilines is 1. The molecule has 11 nitrogen and oxygen atoms in total. The largest absolute Gasteiger partial charge is 0.465 e. The van der Waals surface area contributed by atoms with Gasteiger partial charge in [-0.3, -0.25) is 14.9 Å². The molecule has 0 saturated carbocycles. The lowest BCUT2D eigenvalue weighted by molar-refractivity contribution is -0.143. The SMILES string of the molecule is CCOC(=O)CNC(C)(C(=O)N1CCCC1)c1ccc2[nH]c(CNc3ccc(C(N)=NO)cc3)nc2c1C. The highest BCUT2D eigenvalue weighted by atomic mass is 16.5. The Hall–Kier alpha value is -4.12. The van der Waals surface area contributed by atoms with Crippen molar-refractivity contribution in [2.75, 3.05) is 31.6 Å². The summed E-state index contributed by atoms with van der Waals surface area (Å²) in [6.07, 6.45) is 1.94. The number of amides is 1. The maximum absolute atomic E-state index is 13.7. The number of amidine groups is 1. The first kappa shape index (κ1) is 26.9. The maximum Gasteiger partial charge on any atom is 0.319 e. The van der Waals surface area contributed by atoms with E-state index in [1.54, 1.807) is 19.1 Å². The van der Waals surface area contributed by atoms with Crippen LogP contribution in [0.15, 0.2) is 41.6 Å². The van der Waals surface area contributed by atoms with Gasteiger partial charge in [-0.05, 0) is 75.1 Å². The molecule has 2 aromatic carbocycles. The molecule has 1 aliphatic rings. The van der Waals surface area contributed by atoms with Crippen molar-refractivity contribution >= 4 is 34.4 Å². The minimum Gasteiger partial charge on any atom is -0.465 e. The average Bonchev–Trinajstić information content (AvgIpc) is 3.61. The van der Waals surface area contributed by atoms with Gasteiger partial charge in [-0.1, -0.05) is 11.2 Å². The molecule has 3 aromatic rings. The van der Waals surface area contributed by atoms with E-state index in [9.17, 15) is 9.59 Å². The zero-order valence-corrected chi connectivity index (χ0v) is 22.0. The molecular formula is C27H35N7O4. The number of H-pyrrole nitrogens is 1. The lowest BCUT2D eigenvalue weighted by Gasteiger charge is -2.35. The number of likely N-dealkylation sites (tertiary alicyclic amines) is 1. The third kappa shape index (κ3) is 5.57. The number of aromatic nitrogens is 2. The molecule has 0 radical (unpaired) electrons. The molecule has 1 aliphatic heterocycles. The van der Waals surface area contributed by atoms with Gasteiger partial charge < -0.3 is 30.9 Å². The number of rotatable bonds is 10. The van der Waals surface area contributed by atoms with Crippen LogP contribution in [0.1, 0.15) is 49.2 Å². The molecular weight excluding hydrogens is 486 g/mol. The first-order chi connectivity index (χ1) is 18.3. The summed E-state index contributed by atoms with van der Waals surface area (Å²) in [4.78, 5) is 35.9. The van der Waals surface area contributed by atoms with E-state index in [4.69, 9.17) is 20.7 Å². The summed E-state index contributed by atoms with van der Waals surface area (Å²) in [6, 6.07) is 11.0. The molecule has 1 unspecified atom stereocenters. The van der Waals surface area contributed by atoms with Crippen molar-refractivity contribution in [2.45, 2.75) is 45.7 Å². The number of carbonyl (C=O) groups excluding carboxylic acids is 2. The van der Waals surface area contributed by atoms with E-state index < -0.39 is 11.5 Å². The topological polar surface area (TPSA) is 158 Å². The van der Waals surface area contributed by atoms with Gasteiger partial charge in [0.25, 0.3) is 0 Å². The van der Waals surface area contributed by atoms with Gasteiger partial charge in [-0.15, -0.1) is 0 Å². The molecule has 1 aromatic heterocycles. The first-order valence-electron chi connectivity index (χ1n) is 12.8. The second-order valence-electron chi connectivity index (χ2n) is 9.52. The molecule has 1 saturated heterocycles. The molecule has 1 atom stereocenters. The fourth-order valence-corrected chi connectivity index (χ4v) is 4.87. The number of aromatic amines is 1. The summed E-state index contributed by atoms with van der Waals surface area (Å²) in [5, 5.41) is 18.3. The van der Waals surface area contributed by atoms with Crippen LogP contribution in [0.5, 0.6) is 0 Å². The molecule has 2 heterocycles. The average molecular weight is 522 g/mol. The van der Waals surface area contributed by atoms with Crippen LogP contribution in [0, 0.1) is 6.92 Å². The van der Waals surface area contributed by atoms with Gasteiger partial charge in [0.05, 0.1) is 30.7 Å². The Labute approximate surface area is 221 Å². The van der Waals surface area contributed by atoms with Crippen LogP contribution >= 0.6 is 0 Å². The molecule has 11 heteroatoms. The van der Waals surface area contributed by atoms with Crippen molar-refractivity contribution < 1.29 is 19.5 Å². The number of aryl methyl sites for hydroxylation is 1. The van der Waals surface area contributed by atoms with Crippen molar-refractivity contribution in [3.05, 3.63) is 58.9 Å². The van der Waals surface area contributed by atoms with Crippen LogP contribution in [0.25, 0.3) is 11.0 Å². The lowest BCUT2D eigenvalue weighted by Crippen LogP contribution is -2.54. The number of ether oxygens (including phenoxy) is 1. The molecule has 6 N–H and O–H groups in total. The zero-order valence-electron chi connectivity index (χ0n) is 22.0. The van der Waals surface area contributed by atoms with Crippen molar-refractivity contribution in [3.63, 3.8) is 0 Å². The zero-order chi connectivity index (χ0) is 27.3. The Morgan fingerprint density at radius 1 is 1.21 bits per heavy atom. The summed E-state index contributed by atoms with van der Waals surface area (Å²) in [5.41, 5.74) is 9.23. The summed E-state index contributed by atoms with van der Waals surface area (Å²) in [6.45, 7) is 7.58. The van der Waals surface area contributed by atoms with E-state index in [1.165, 1.54) is 0 Å². The molecule has 38 heavy (non-hydrogen) atoms. The van der Waals surface area contributed by atoms with Gasteiger partial charge in [-0.25, -0.2) is 4.98 Å². The number of imidazole rings is 1. The molecule has 0 aliphatic carbocycles. The van der Waals surface area contributed by atoms with E-state index in [0.29, 0.717) is 25.2 Å². The van der Waals surface area contributed by atoms with Gasteiger partial charge in [0, 0.05) is 24.3 Å². The fraction of sp³-hybridized carbons (Fsp3) is 0.407. The smallest absolute Gasteiger partial charge is 0.319 e. The number of esters is 1. The second-order valence-corrected chi connectivity index (χ2v) is 9.52. The van der Waals surface area contributed by atoms with Crippen LogP contribution in [-0.2, 0) is 26.4 Å². The van der Waals surface area contributed by atoms with Crippen molar-refractivity contribution in [3.8, 4) is 0 Å². The van der Waals surface area contributed by atoms with Crippen molar-refractivity contribution in [1.82, 2.24) is 20.2 Å². The van der Waals surface area contributed by atoms with Gasteiger partial charge in [0.2, 0.25) is 5.91 Å². The summed E-state index contributed by atoms with van der Waals surface area (Å²) in [5.74, 6) is 0.313. The van der Waals surface area contributed by atoms with Crippen molar-refractivity contribution in [1.29, 1.82) is 0 Å². The van der Waals surface area contributed by atoms with Gasteiger partial charge in [-0.2, -0.15) is 0 Å². The molecule has 1 amide bonds. The molecule has 1 fully saturated rings. The lowest BCUT2D eigenvalue weighted by atomic mass is 9.86. The van der Waals surface area contributed by atoms with Gasteiger partial charge >= 0.3 is 5.97 Å². The number of nitrogens with two attached hydrogens (primary N) is 1. The highest BCUT2D eigenvalue weighted by molar-refractivity contribution is 5.97. The number of hydrogen-bond acceptors (Lipinski definition) is 8. The third-order valence-corrected chi connectivity index (χ3v) is 6.96. The maximum atomic E-state index is 13.7. The second kappa shape index (κ2) is 11.5. The van der Waals surface area contributed by atoms with Crippen LogP contribution in [0.4, 0.5) is 5.69 Å². The van der Waals surface area contributed by atoms with Crippen LogP contribution in [-0.4, -0.2) is 64.0 Å². The minimum atomic E-state index is -1.12. The highest BCUT2D eigenvalue weighted by Gasteiger charge is 2.41. The number of nitrogens with one attached hydrogen (secondary N) is 3. The van der Waals surface area contributed by atoms with E-state index >= 15 is 0 Å². The Morgan fingerprint density at radius 3 is 2.58 bits per heavy atom. The monoisotopic (exact) mass is 521 g/mol. The van der Waals surface area contributed by atoms with Gasteiger partial charge in [0.15, 0.2) is 5.84 Å². The van der Waals surface area contributed by atoms with E-state index in [2.05, 4.69) is 20.8 Å². The van der Waals surface area contributed by atoms with Crippen LogP contribution in [0.3, 0.4) is 0 Å². The number of nitrogens with zero attached hydrogens (tertiary/aromatic N) is 3. The fourth-order valence-electron chi connectivity index (χ4n) is 4.87. The molecule has 0 spiro atoms. The predicted octanol–water partition coefficient (Wildman–Crippen LogP) is 2.57. The van der Waals surface area contributed by atoms with E-state index in [-0.39, 0.29) is 24.9 Å². The van der Waals surface area contributed by atoms with Crippen LogP contribution in [0.2, 0.25) is 0 Å². The Balaban J connectivity index is 1.58. The number of hydrogen-bond donors (Lipinski definition) is 5. The first-order valence-corrected chi connectivity index (χ1v) is 12.8. The minimum absolute atomic E-state index is 0.0482.